The first-order valence-electron chi connectivity index (χ1n) is 7.48. The van der Waals surface area contributed by atoms with E-state index in [9.17, 15) is 4.79 Å². The van der Waals surface area contributed by atoms with Crippen molar-refractivity contribution in [3.05, 3.63) is 57.0 Å². The van der Waals surface area contributed by atoms with Crippen molar-refractivity contribution in [2.75, 3.05) is 0 Å². The third-order valence-corrected chi connectivity index (χ3v) is 5.09. The van der Waals surface area contributed by atoms with E-state index in [1.165, 1.54) is 33.7 Å². The molecule has 0 aliphatic rings. The summed E-state index contributed by atoms with van der Waals surface area (Å²) in [6.45, 7) is 3.86. The van der Waals surface area contributed by atoms with Gasteiger partial charge in [-0.05, 0) is 26.0 Å². The summed E-state index contributed by atoms with van der Waals surface area (Å²) in [5, 5.41) is 13.5. The Bertz CT molecular complexity index is 1120. The van der Waals surface area contributed by atoms with Crippen molar-refractivity contribution in [2.45, 2.75) is 24.8 Å². The van der Waals surface area contributed by atoms with Crippen LogP contribution in [0, 0.1) is 13.8 Å². The number of hydrogen-bond donors (Lipinski definition) is 0. The lowest BCUT2D eigenvalue weighted by Crippen LogP contribution is -2.15. The van der Waals surface area contributed by atoms with Gasteiger partial charge < -0.3 is 4.42 Å². The minimum Gasteiger partial charge on any atom is -0.411 e. The number of benzene rings is 1. The Hall–Kier alpha value is -2.52. The van der Waals surface area contributed by atoms with Crippen LogP contribution in [0.1, 0.15) is 16.3 Å². The number of hydrogen-bond acceptors (Lipinski definition) is 8. The third kappa shape index (κ3) is 3.33. The maximum absolute atomic E-state index is 12.1. The average Bonchev–Trinajstić information content (AvgIpc) is 3.19. The molecule has 7 nitrogen and oxygen atoms in total. The van der Waals surface area contributed by atoms with E-state index in [0.29, 0.717) is 27.5 Å². The number of nitrogens with zero attached hydrogens (tertiary/aromatic N) is 5. The largest absolute Gasteiger partial charge is 0.411 e. The lowest BCUT2D eigenvalue weighted by Gasteiger charge is -1.98. The van der Waals surface area contributed by atoms with Crippen molar-refractivity contribution >= 4 is 28.1 Å². The van der Waals surface area contributed by atoms with Crippen LogP contribution >= 0.6 is 23.1 Å². The normalized spacial score (nSPS) is 11.3. The quantitative estimate of drug-likeness (QED) is 0.509. The van der Waals surface area contributed by atoms with E-state index in [-0.39, 0.29) is 5.56 Å². The van der Waals surface area contributed by atoms with E-state index < -0.39 is 0 Å². The first-order chi connectivity index (χ1) is 12.1. The topological polar surface area (TPSA) is 86.2 Å². The molecule has 0 amide bonds. The van der Waals surface area contributed by atoms with Gasteiger partial charge in [-0.1, -0.05) is 40.8 Å². The SMILES string of the molecule is Cc1cccc(-c2nnc(SCc3cc(=O)n4nc(C)sc4n3)o2)c1. The first-order valence-corrected chi connectivity index (χ1v) is 9.28. The number of fused-ring (bicyclic) bond motifs is 1. The molecule has 25 heavy (non-hydrogen) atoms. The average molecular weight is 371 g/mol. The second-order valence-electron chi connectivity index (χ2n) is 5.43. The molecule has 4 aromatic rings. The number of rotatable bonds is 4. The summed E-state index contributed by atoms with van der Waals surface area (Å²) in [6, 6.07) is 9.36. The monoisotopic (exact) mass is 371 g/mol. The van der Waals surface area contributed by atoms with Crippen molar-refractivity contribution < 1.29 is 4.42 Å². The molecule has 0 bridgehead atoms. The van der Waals surface area contributed by atoms with E-state index in [0.717, 1.165) is 16.1 Å². The zero-order valence-electron chi connectivity index (χ0n) is 13.5. The zero-order chi connectivity index (χ0) is 17.4. The van der Waals surface area contributed by atoms with E-state index >= 15 is 0 Å². The molecule has 0 N–H and O–H groups in total. The molecule has 0 radical (unpaired) electrons. The predicted octanol–water partition coefficient (Wildman–Crippen LogP) is 3.11. The van der Waals surface area contributed by atoms with Gasteiger partial charge in [-0.2, -0.15) is 9.61 Å². The minimum absolute atomic E-state index is 0.184. The fraction of sp³-hybridized carbons (Fsp3) is 0.188. The molecule has 0 saturated carbocycles. The second kappa shape index (κ2) is 6.41. The molecule has 4 rings (SSSR count). The van der Waals surface area contributed by atoms with Gasteiger partial charge in [0, 0.05) is 17.4 Å². The fourth-order valence-electron chi connectivity index (χ4n) is 2.32. The highest BCUT2D eigenvalue weighted by Gasteiger charge is 2.11. The van der Waals surface area contributed by atoms with Crippen molar-refractivity contribution in [1.82, 2.24) is 24.8 Å². The number of aryl methyl sites for hydroxylation is 2. The fourth-order valence-corrected chi connectivity index (χ4v) is 3.75. The zero-order valence-corrected chi connectivity index (χ0v) is 15.1. The first kappa shape index (κ1) is 16.0. The Morgan fingerprint density at radius 3 is 2.96 bits per heavy atom. The van der Waals surface area contributed by atoms with Gasteiger partial charge in [0.15, 0.2) is 0 Å². The highest BCUT2D eigenvalue weighted by molar-refractivity contribution is 7.98. The molecular formula is C16H13N5O2S2. The minimum atomic E-state index is -0.184. The molecule has 1 aromatic carbocycles. The summed E-state index contributed by atoms with van der Waals surface area (Å²) >= 11 is 2.74. The van der Waals surface area contributed by atoms with Gasteiger partial charge in [0.05, 0.1) is 5.69 Å². The van der Waals surface area contributed by atoms with E-state index in [1.807, 2.05) is 38.1 Å². The van der Waals surface area contributed by atoms with Gasteiger partial charge in [-0.15, -0.1) is 10.2 Å². The van der Waals surface area contributed by atoms with Gasteiger partial charge in [0.2, 0.25) is 10.9 Å². The van der Waals surface area contributed by atoms with E-state index in [4.69, 9.17) is 4.42 Å². The molecule has 0 saturated heterocycles. The van der Waals surface area contributed by atoms with Crippen LogP contribution in [0.3, 0.4) is 0 Å². The Morgan fingerprint density at radius 2 is 2.12 bits per heavy atom. The van der Waals surface area contributed by atoms with Gasteiger partial charge in [-0.25, -0.2) is 4.98 Å². The van der Waals surface area contributed by atoms with Crippen LogP contribution in [0.2, 0.25) is 0 Å². The summed E-state index contributed by atoms with van der Waals surface area (Å²) < 4.78 is 7.00. The Labute approximate surface area is 150 Å². The molecule has 0 spiro atoms. The number of aromatic nitrogens is 5. The third-order valence-electron chi connectivity index (χ3n) is 3.41. The summed E-state index contributed by atoms with van der Waals surface area (Å²) in [5.74, 6) is 0.950. The highest BCUT2D eigenvalue weighted by atomic mass is 32.2. The second-order valence-corrected chi connectivity index (χ2v) is 7.52. The van der Waals surface area contributed by atoms with Crippen LogP contribution in [-0.2, 0) is 5.75 Å². The Morgan fingerprint density at radius 1 is 1.24 bits per heavy atom. The van der Waals surface area contributed by atoms with Crippen molar-refractivity contribution in [1.29, 1.82) is 0 Å². The summed E-state index contributed by atoms with van der Waals surface area (Å²) in [6.07, 6.45) is 0. The predicted molar refractivity (Wildman–Crippen MR) is 95.9 cm³/mol. The standard InChI is InChI=1S/C16H13N5O2S2/c1-9-4-3-5-11(6-9)14-18-19-16(23-14)24-8-12-7-13(22)21-15(17-12)25-10(2)20-21/h3-7H,8H2,1-2H3. The maximum Gasteiger partial charge on any atom is 0.277 e. The molecule has 0 fully saturated rings. The highest BCUT2D eigenvalue weighted by Crippen LogP contribution is 2.25. The van der Waals surface area contributed by atoms with Crippen LogP contribution in [0.15, 0.2) is 44.8 Å². The molecule has 9 heteroatoms. The van der Waals surface area contributed by atoms with Crippen LogP contribution in [0.25, 0.3) is 16.4 Å². The molecule has 3 aromatic heterocycles. The molecule has 0 aliphatic heterocycles. The lowest BCUT2D eigenvalue weighted by atomic mass is 10.1. The molecule has 126 valence electrons. The Balaban J connectivity index is 1.53. The van der Waals surface area contributed by atoms with Crippen molar-refractivity contribution in [2.24, 2.45) is 0 Å². The van der Waals surface area contributed by atoms with Crippen LogP contribution < -0.4 is 5.56 Å². The summed E-state index contributed by atoms with van der Waals surface area (Å²) in [4.78, 5) is 17.1. The smallest absolute Gasteiger partial charge is 0.277 e. The summed E-state index contributed by atoms with van der Waals surface area (Å²) in [7, 11) is 0. The molecule has 0 aliphatic carbocycles. The van der Waals surface area contributed by atoms with E-state index in [2.05, 4.69) is 20.3 Å². The molecule has 0 unspecified atom stereocenters. The van der Waals surface area contributed by atoms with Gasteiger partial charge in [0.25, 0.3) is 10.8 Å². The van der Waals surface area contributed by atoms with Gasteiger partial charge in [-0.3, -0.25) is 4.79 Å². The van der Waals surface area contributed by atoms with E-state index in [1.54, 1.807) is 0 Å². The number of thioether (sulfide) groups is 1. The van der Waals surface area contributed by atoms with Crippen LogP contribution in [-0.4, -0.2) is 24.8 Å². The van der Waals surface area contributed by atoms with Crippen LogP contribution in [0.5, 0.6) is 0 Å². The summed E-state index contributed by atoms with van der Waals surface area (Å²) in [5.41, 5.74) is 2.49. The molecule has 3 heterocycles. The lowest BCUT2D eigenvalue weighted by molar-refractivity contribution is 0.465. The molecular weight excluding hydrogens is 358 g/mol. The molecule has 0 atom stereocenters. The van der Waals surface area contributed by atoms with Gasteiger partial charge in [0.1, 0.15) is 5.01 Å². The Kier molecular flexibility index (Phi) is 4.10. The van der Waals surface area contributed by atoms with Gasteiger partial charge >= 0.3 is 0 Å². The van der Waals surface area contributed by atoms with Crippen molar-refractivity contribution in [3.63, 3.8) is 0 Å². The van der Waals surface area contributed by atoms with Crippen LogP contribution in [0.4, 0.5) is 0 Å². The maximum atomic E-state index is 12.1. The van der Waals surface area contributed by atoms with Crippen molar-refractivity contribution in [3.8, 4) is 11.5 Å².